The minimum Gasteiger partial charge on any atom is -0.497 e. The fraction of sp³-hybridized carbons (Fsp3) is 0.375. The van der Waals surface area contributed by atoms with E-state index >= 15 is 0 Å². The summed E-state index contributed by atoms with van der Waals surface area (Å²) in [5.74, 6) is 0.941. The summed E-state index contributed by atoms with van der Waals surface area (Å²) in [7, 11) is 3.70. The Labute approximate surface area is 119 Å². The number of nitrogens with one attached hydrogen (secondary N) is 1. The second kappa shape index (κ2) is 6.37. The third kappa shape index (κ3) is 3.07. The lowest BCUT2D eigenvalue weighted by Crippen LogP contribution is -2.29. The van der Waals surface area contributed by atoms with Crippen LogP contribution in [-0.2, 0) is 18.3 Å². The highest BCUT2D eigenvalue weighted by Gasteiger charge is 2.11. The van der Waals surface area contributed by atoms with Crippen LogP contribution in [0.3, 0.4) is 0 Å². The third-order valence-electron chi connectivity index (χ3n) is 3.47. The molecule has 106 valence electrons. The molecule has 4 nitrogen and oxygen atoms in total. The molecular formula is C16H21N2O2+. The highest BCUT2D eigenvalue weighted by atomic mass is 16.5. The largest absolute Gasteiger partial charge is 0.497 e. The average Bonchev–Trinajstić information content (AvgIpc) is 2.49. The number of aryl methyl sites for hydroxylation is 1. The Morgan fingerprint density at radius 3 is 2.85 bits per heavy atom. The van der Waals surface area contributed by atoms with Crippen molar-refractivity contribution in [1.29, 1.82) is 0 Å². The van der Waals surface area contributed by atoms with E-state index in [1.165, 1.54) is 10.9 Å². The summed E-state index contributed by atoms with van der Waals surface area (Å²) in [5, 5.41) is 4.08. The zero-order valence-corrected chi connectivity index (χ0v) is 12.3. The predicted molar refractivity (Wildman–Crippen MR) is 78.7 cm³/mol. The molecule has 0 aliphatic carbocycles. The van der Waals surface area contributed by atoms with Crippen molar-refractivity contribution in [3.8, 4) is 5.75 Å². The summed E-state index contributed by atoms with van der Waals surface area (Å²) in [4.78, 5) is 11.3. The lowest BCUT2D eigenvalue weighted by atomic mass is 10.1. The van der Waals surface area contributed by atoms with Crippen LogP contribution in [0.1, 0.15) is 18.9 Å². The fourth-order valence-corrected chi connectivity index (χ4v) is 2.26. The highest BCUT2D eigenvalue weighted by Crippen LogP contribution is 2.21. The maximum absolute atomic E-state index is 11.3. The van der Waals surface area contributed by atoms with Crippen LogP contribution >= 0.6 is 0 Å². The van der Waals surface area contributed by atoms with Gasteiger partial charge in [0.25, 0.3) is 0 Å². The van der Waals surface area contributed by atoms with E-state index in [0.29, 0.717) is 13.0 Å². The Bertz CT molecular complexity index is 623. The molecule has 0 saturated heterocycles. The van der Waals surface area contributed by atoms with Gasteiger partial charge in [0.2, 0.25) is 11.4 Å². The number of fused-ring (bicyclic) bond motifs is 1. The summed E-state index contributed by atoms with van der Waals surface area (Å²) >= 11 is 0. The molecular weight excluding hydrogens is 252 g/mol. The van der Waals surface area contributed by atoms with Crippen LogP contribution in [0.4, 0.5) is 0 Å². The number of nitrogens with zero attached hydrogens (tertiary/aromatic N) is 1. The Hall–Kier alpha value is -2.10. The molecule has 2 aromatic rings. The van der Waals surface area contributed by atoms with Crippen molar-refractivity contribution < 1.29 is 14.1 Å². The number of pyridine rings is 1. The maximum Gasteiger partial charge on any atom is 0.219 e. The molecule has 0 spiro atoms. The Kier molecular flexibility index (Phi) is 4.56. The van der Waals surface area contributed by atoms with E-state index < -0.39 is 0 Å². The van der Waals surface area contributed by atoms with Gasteiger partial charge in [-0.1, -0.05) is 6.92 Å². The topological polar surface area (TPSA) is 42.2 Å². The number of aromatic nitrogens is 1. The van der Waals surface area contributed by atoms with Crippen molar-refractivity contribution in [2.75, 3.05) is 13.7 Å². The van der Waals surface area contributed by atoms with Gasteiger partial charge in [-0.05, 0) is 24.1 Å². The molecule has 1 aromatic carbocycles. The summed E-state index contributed by atoms with van der Waals surface area (Å²) < 4.78 is 7.38. The molecule has 1 N–H and O–H groups in total. The first-order chi connectivity index (χ1) is 9.65. The summed E-state index contributed by atoms with van der Waals surface area (Å²) in [6.07, 6.45) is 3.39. The van der Waals surface area contributed by atoms with Crippen LogP contribution in [0.2, 0.25) is 0 Å². The van der Waals surface area contributed by atoms with Crippen molar-refractivity contribution in [1.82, 2.24) is 5.32 Å². The summed E-state index contributed by atoms with van der Waals surface area (Å²) in [6.45, 7) is 2.52. The Morgan fingerprint density at radius 1 is 1.35 bits per heavy atom. The molecule has 0 aliphatic rings. The van der Waals surface area contributed by atoms with Gasteiger partial charge in [-0.2, -0.15) is 0 Å². The average molecular weight is 273 g/mol. The zero-order chi connectivity index (χ0) is 14.5. The number of rotatable bonds is 5. The van der Waals surface area contributed by atoms with Crippen molar-refractivity contribution in [3.05, 3.63) is 36.0 Å². The minimum atomic E-state index is 0.0911. The molecule has 1 amide bonds. The van der Waals surface area contributed by atoms with Crippen molar-refractivity contribution in [2.24, 2.45) is 7.05 Å². The Balaban J connectivity index is 2.28. The van der Waals surface area contributed by atoms with E-state index in [4.69, 9.17) is 4.74 Å². The molecule has 0 atom stereocenters. The summed E-state index contributed by atoms with van der Waals surface area (Å²) in [6, 6.07) is 8.17. The first-order valence-corrected chi connectivity index (χ1v) is 6.87. The first kappa shape index (κ1) is 14.3. The molecule has 0 saturated carbocycles. The number of carbonyl (C=O) groups excluding carboxylic acids is 1. The van der Waals surface area contributed by atoms with Crippen LogP contribution < -0.4 is 14.6 Å². The normalized spacial score (nSPS) is 10.6. The molecule has 20 heavy (non-hydrogen) atoms. The van der Waals surface area contributed by atoms with Gasteiger partial charge in [0.05, 0.1) is 12.5 Å². The molecule has 0 unspecified atom stereocenters. The van der Waals surface area contributed by atoms with Crippen molar-refractivity contribution in [3.63, 3.8) is 0 Å². The van der Waals surface area contributed by atoms with Crippen LogP contribution in [0.15, 0.2) is 30.5 Å². The maximum atomic E-state index is 11.3. The number of benzene rings is 1. The van der Waals surface area contributed by atoms with Crippen LogP contribution in [0.25, 0.3) is 10.9 Å². The lowest BCUT2D eigenvalue weighted by molar-refractivity contribution is -0.644. The molecule has 0 aliphatic heterocycles. The quantitative estimate of drug-likeness (QED) is 0.843. The number of methoxy groups -OCH3 is 1. The first-order valence-electron chi connectivity index (χ1n) is 6.87. The molecule has 1 aromatic heterocycles. The minimum absolute atomic E-state index is 0.0911. The SMILES string of the molecule is CCC(=O)NCCc1cc[n+](C)c2ccc(OC)cc12. The van der Waals surface area contributed by atoms with Crippen molar-refractivity contribution >= 4 is 16.8 Å². The van der Waals surface area contributed by atoms with E-state index in [9.17, 15) is 4.79 Å². The molecule has 4 heteroatoms. The smallest absolute Gasteiger partial charge is 0.219 e. The molecule has 0 bridgehead atoms. The number of amides is 1. The van der Waals surface area contributed by atoms with Gasteiger partial charge in [-0.25, -0.2) is 4.57 Å². The van der Waals surface area contributed by atoms with Gasteiger partial charge in [0.15, 0.2) is 6.20 Å². The third-order valence-corrected chi connectivity index (χ3v) is 3.47. The molecule has 0 radical (unpaired) electrons. The van der Waals surface area contributed by atoms with Crippen LogP contribution in [0, 0.1) is 0 Å². The standard InChI is InChI=1S/C16H20N2O2/c1-4-16(19)17-9-7-12-8-10-18(2)15-6-5-13(20-3)11-14(12)15/h5-6,8,10-11H,4,7,9H2,1-3H3/p+1. The fourth-order valence-electron chi connectivity index (χ4n) is 2.26. The van der Waals surface area contributed by atoms with Gasteiger partial charge in [0.1, 0.15) is 12.8 Å². The second-order valence-corrected chi connectivity index (χ2v) is 4.79. The van der Waals surface area contributed by atoms with Gasteiger partial charge >= 0.3 is 0 Å². The zero-order valence-electron chi connectivity index (χ0n) is 12.3. The van der Waals surface area contributed by atoms with E-state index in [1.54, 1.807) is 7.11 Å². The lowest BCUT2D eigenvalue weighted by Gasteiger charge is -2.08. The van der Waals surface area contributed by atoms with E-state index in [2.05, 4.69) is 22.0 Å². The number of ether oxygens (including phenoxy) is 1. The Morgan fingerprint density at radius 2 is 2.15 bits per heavy atom. The number of hydrogen-bond donors (Lipinski definition) is 1. The highest BCUT2D eigenvalue weighted by molar-refractivity contribution is 5.81. The van der Waals surface area contributed by atoms with Gasteiger partial charge < -0.3 is 10.1 Å². The van der Waals surface area contributed by atoms with Gasteiger partial charge in [-0.3, -0.25) is 4.79 Å². The second-order valence-electron chi connectivity index (χ2n) is 4.79. The number of carbonyl (C=O) groups is 1. The van der Waals surface area contributed by atoms with E-state index in [1.807, 2.05) is 32.3 Å². The van der Waals surface area contributed by atoms with E-state index in [0.717, 1.165) is 17.7 Å². The molecule has 0 fully saturated rings. The molecule has 2 rings (SSSR count). The predicted octanol–water partition coefficient (Wildman–Crippen LogP) is 1.74. The van der Waals surface area contributed by atoms with Crippen LogP contribution in [-0.4, -0.2) is 19.6 Å². The summed E-state index contributed by atoms with van der Waals surface area (Å²) in [5.41, 5.74) is 2.37. The monoisotopic (exact) mass is 273 g/mol. The van der Waals surface area contributed by atoms with Gasteiger partial charge in [0, 0.05) is 25.1 Å². The molecule has 1 heterocycles. The van der Waals surface area contributed by atoms with Gasteiger partial charge in [-0.15, -0.1) is 0 Å². The van der Waals surface area contributed by atoms with E-state index in [-0.39, 0.29) is 5.91 Å². The van der Waals surface area contributed by atoms with Crippen LogP contribution in [0.5, 0.6) is 5.75 Å². The van der Waals surface area contributed by atoms with Crippen molar-refractivity contribution in [2.45, 2.75) is 19.8 Å². The number of hydrogen-bond acceptors (Lipinski definition) is 2.